The standard InChI is InChI=1S/C25H29N3O2S/c1-15-9-16(2)22(17(3)10-15)25(4)11-19(12-25)20-14-31-24(27-20)28-26-13-18-7-6-8-21(30-5)23(18)29/h6-10,14,19,29H,11-13H2,1-5H3. The van der Waals surface area contributed by atoms with Crippen LogP contribution in [0, 0.1) is 20.8 Å². The molecule has 31 heavy (non-hydrogen) atoms. The minimum atomic E-state index is 0.110. The number of thiazole rings is 1. The number of nitrogens with zero attached hydrogens (tertiary/aromatic N) is 3. The summed E-state index contributed by atoms with van der Waals surface area (Å²) in [5.74, 6) is 1.02. The van der Waals surface area contributed by atoms with Crippen LogP contribution in [0.3, 0.4) is 0 Å². The first kappa shape index (κ1) is 21.5. The molecule has 5 nitrogen and oxygen atoms in total. The maximum Gasteiger partial charge on any atom is 0.229 e. The van der Waals surface area contributed by atoms with Gasteiger partial charge >= 0.3 is 0 Å². The van der Waals surface area contributed by atoms with Crippen molar-refractivity contribution < 1.29 is 9.84 Å². The monoisotopic (exact) mass is 435 g/mol. The van der Waals surface area contributed by atoms with Crippen LogP contribution in [0.2, 0.25) is 0 Å². The van der Waals surface area contributed by atoms with E-state index in [1.807, 2.05) is 12.1 Å². The van der Waals surface area contributed by atoms with E-state index in [4.69, 9.17) is 9.72 Å². The molecule has 1 heterocycles. The topological polar surface area (TPSA) is 67.1 Å². The number of methoxy groups -OCH3 is 1. The van der Waals surface area contributed by atoms with Gasteiger partial charge in [0.25, 0.3) is 0 Å². The summed E-state index contributed by atoms with van der Waals surface area (Å²) < 4.78 is 5.14. The minimum absolute atomic E-state index is 0.110. The maximum absolute atomic E-state index is 10.2. The van der Waals surface area contributed by atoms with Crippen molar-refractivity contribution in [2.45, 2.75) is 58.4 Å². The Morgan fingerprint density at radius 2 is 1.90 bits per heavy atom. The van der Waals surface area contributed by atoms with E-state index in [-0.39, 0.29) is 17.7 Å². The van der Waals surface area contributed by atoms with Crippen molar-refractivity contribution in [3.05, 3.63) is 69.2 Å². The highest BCUT2D eigenvalue weighted by molar-refractivity contribution is 7.13. The van der Waals surface area contributed by atoms with E-state index in [1.165, 1.54) is 40.7 Å². The third-order valence-corrected chi connectivity index (χ3v) is 7.05. The van der Waals surface area contributed by atoms with Crippen LogP contribution in [0.5, 0.6) is 11.5 Å². The molecule has 6 heteroatoms. The van der Waals surface area contributed by atoms with Gasteiger partial charge < -0.3 is 9.84 Å². The van der Waals surface area contributed by atoms with Gasteiger partial charge in [0.1, 0.15) is 0 Å². The fourth-order valence-corrected chi connectivity index (χ4v) is 5.85. The molecule has 1 fully saturated rings. The number of phenolic OH excluding ortho intramolecular Hbond substituents is 1. The predicted molar refractivity (Wildman–Crippen MR) is 125 cm³/mol. The van der Waals surface area contributed by atoms with Crippen molar-refractivity contribution in [1.82, 2.24) is 4.98 Å². The Balaban J connectivity index is 1.41. The van der Waals surface area contributed by atoms with Gasteiger partial charge in [-0.25, -0.2) is 4.98 Å². The van der Waals surface area contributed by atoms with Gasteiger partial charge in [-0.15, -0.1) is 16.5 Å². The van der Waals surface area contributed by atoms with Gasteiger partial charge in [0, 0.05) is 16.9 Å². The molecule has 162 valence electrons. The quantitative estimate of drug-likeness (QED) is 0.428. The van der Waals surface area contributed by atoms with E-state index in [0.29, 0.717) is 22.4 Å². The Morgan fingerprint density at radius 3 is 2.58 bits per heavy atom. The average molecular weight is 436 g/mol. The van der Waals surface area contributed by atoms with Crippen LogP contribution in [0.15, 0.2) is 45.9 Å². The number of hydrogen-bond acceptors (Lipinski definition) is 6. The lowest BCUT2D eigenvalue weighted by atomic mass is 9.57. The molecule has 4 rings (SSSR count). The highest BCUT2D eigenvalue weighted by Crippen LogP contribution is 2.54. The van der Waals surface area contributed by atoms with Crippen LogP contribution < -0.4 is 4.74 Å². The summed E-state index contributed by atoms with van der Waals surface area (Å²) in [4.78, 5) is 4.71. The summed E-state index contributed by atoms with van der Waals surface area (Å²) in [6.45, 7) is 9.29. The highest BCUT2D eigenvalue weighted by atomic mass is 32.1. The molecule has 1 saturated carbocycles. The first-order valence-corrected chi connectivity index (χ1v) is 11.4. The second-order valence-electron chi connectivity index (χ2n) is 8.86. The molecule has 0 bridgehead atoms. The zero-order chi connectivity index (χ0) is 22.2. The number of phenols is 1. The second kappa shape index (κ2) is 8.42. The molecule has 1 N–H and O–H groups in total. The summed E-state index contributed by atoms with van der Waals surface area (Å²) in [7, 11) is 1.53. The molecule has 0 aliphatic heterocycles. The van der Waals surface area contributed by atoms with Gasteiger partial charge in [-0.2, -0.15) is 5.11 Å². The number of aromatic hydroxyl groups is 1. The van der Waals surface area contributed by atoms with Crippen molar-refractivity contribution in [2.24, 2.45) is 10.2 Å². The first-order valence-electron chi connectivity index (χ1n) is 10.6. The number of azo groups is 1. The van der Waals surface area contributed by atoms with E-state index in [1.54, 1.807) is 6.07 Å². The lowest BCUT2D eigenvalue weighted by Crippen LogP contribution is -2.38. The van der Waals surface area contributed by atoms with Gasteiger partial charge in [0.05, 0.1) is 19.3 Å². The number of rotatable bonds is 6. The molecule has 0 unspecified atom stereocenters. The van der Waals surface area contributed by atoms with Crippen LogP contribution in [-0.2, 0) is 12.0 Å². The van der Waals surface area contributed by atoms with Gasteiger partial charge in [-0.1, -0.05) is 36.8 Å². The third-order valence-electron chi connectivity index (χ3n) is 6.30. The molecular weight excluding hydrogens is 406 g/mol. The smallest absolute Gasteiger partial charge is 0.229 e. The number of ether oxygens (including phenoxy) is 1. The number of para-hydroxylation sites is 1. The summed E-state index contributed by atoms with van der Waals surface area (Å²) in [6, 6.07) is 9.95. The summed E-state index contributed by atoms with van der Waals surface area (Å²) in [5.41, 5.74) is 7.62. The van der Waals surface area contributed by atoms with E-state index in [2.05, 4.69) is 55.4 Å². The largest absolute Gasteiger partial charge is 0.504 e. The molecule has 0 spiro atoms. The van der Waals surface area contributed by atoms with Gasteiger partial charge in [0.15, 0.2) is 11.5 Å². The number of benzene rings is 2. The van der Waals surface area contributed by atoms with E-state index in [9.17, 15) is 5.11 Å². The molecule has 2 aromatic carbocycles. The van der Waals surface area contributed by atoms with Crippen molar-refractivity contribution >= 4 is 16.5 Å². The molecule has 3 aromatic rings. The zero-order valence-corrected chi connectivity index (χ0v) is 19.6. The molecule has 0 amide bonds. The molecule has 1 aliphatic carbocycles. The Kier molecular flexibility index (Phi) is 5.84. The molecule has 1 aromatic heterocycles. The molecule has 0 atom stereocenters. The lowest BCUT2D eigenvalue weighted by Gasteiger charge is -2.47. The summed E-state index contributed by atoms with van der Waals surface area (Å²) in [6.07, 6.45) is 2.21. The minimum Gasteiger partial charge on any atom is -0.504 e. The van der Waals surface area contributed by atoms with Crippen molar-refractivity contribution in [1.29, 1.82) is 0 Å². The highest BCUT2D eigenvalue weighted by Gasteiger charge is 2.44. The van der Waals surface area contributed by atoms with Gasteiger partial charge in [-0.05, 0) is 61.8 Å². The van der Waals surface area contributed by atoms with E-state index < -0.39 is 0 Å². The zero-order valence-electron chi connectivity index (χ0n) is 18.8. The number of hydrogen-bond donors (Lipinski definition) is 1. The Hall–Kier alpha value is -2.73. The molecular formula is C25H29N3O2S. The van der Waals surface area contributed by atoms with Gasteiger partial charge in [-0.3, -0.25) is 0 Å². The van der Waals surface area contributed by atoms with Gasteiger partial charge in [0.2, 0.25) is 5.13 Å². The number of aromatic nitrogens is 1. The van der Waals surface area contributed by atoms with Crippen LogP contribution in [0.1, 0.15) is 59.2 Å². The second-order valence-corrected chi connectivity index (χ2v) is 9.70. The number of aryl methyl sites for hydroxylation is 3. The van der Waals surface area contributed by atoms with Crippen LogP contribution in [0.4, 0.5) is 5.13 Å². The van der Waals surface area contributed by atoms with Crippen molar-refractivity contribution in [2.75, 3.05) is 7.11 Å². The first-order chi connectivity index (χ1) is 14.8. The lowest BCUT2D eigenvalue weighted by molar-refractivity contribution is 0.220. The third kappa shape index (κ3) is 4.22. The fraction of sp³-hybridized carbons (Fsp3) is 0.400. The van der Waals surface area contributed by atoms with E-state index in [0.717, 1.165) is 18.5 Å². The molecule has 0 saturated heterocycles. The Bertz CT molecular complexity index is 1110. The van der Waals surface area contributed by atoms with Crippen LogP contribution >= 0.6 is 11.3 Å². The van der Waals surface area contributed by atoms with Crippen LogP contribution in [0.25, 0.3) is 0 Å². The van der Waals surface area contributed by atoms with Crippen LogP contribution in [-0.4, -0.2) is 17.2 Å². The van der Waals surface area contributed by atoms with Crippen molar-refractivity contribution in [3.63, 3.8) is 0 Å². The summed E-state index contributed by atoms with van der Waals surface area (Å²) in [5, 5.41) is 21.4. The molecule has 1 aliphatic rings. The SMILES string of the molecule is COc1cccc(CN=Nc2nc(C3CC(C)(c4c(C)cc(C)cc4C)C3)cs2)c1O. The Labute approximate surface area is 187 Å². The average Bonchev–Trinajstić information content (AvgIpc) is 3.15. The summed E-state index contributed by atoms with van der Waals surface area (Å²) >= 11 is 1.52. The predicted octanol–water partition coefficient (Wildman–Crippen LogP) is 6.90. The molecule has 0 radical (unpaired) electrons. The Morgan fingerprint density at radius 1 is 1.19 bits per heavy atom. The van der Waals surface area contributed by atoms with Crippen molar-refractivity contribution in [3.8, 4) is 11.5 Å². The fourth-order valence-electron chi connectivity index (χ4n) is 5.11. The maximum atomic E-state index is 10.2. The van der Waals surface area contributed by atoms with E-state index >= 15 is 0 Å². The normalized spacial score (nSPS) is 20.7.